The zero-order chi connectivity index (χ0) is 18.1. The number of hydrogen-bond donors (Lipinski definition) is 0. The molecule has 26 heavy (non-hydrogen) atoms. The molecule has 2 aromatic heterocycles. The topological polar surface area (TPSA) is 64.6 Å². The fourth-order valence-corrected chi connectivity index (χ4v) is 4.11. The Balaban J connectivity index is 1.42. The Morgan fingerprint density at radius 1 is 1.23 bits per heavy atom. The number of anilines is 1. The minimum Gasteiger partial charge on any atom is -0.369 e. The van der Waals surface area contributed by atoms with Crippen LogP contribution in [0.5, 0.6) is 0 Å². The van der Waals surface area contributed by atoms with E-state index < -0.39 is 0 Å². The molecule has 1 aromatic carbocycles. The summed E-state index contributed by atoms with van der Waals surface area (Å²) in [6.45, 7) is 4.16. The number of nitriles is 1. The Kier molecular flexibility index (Phi) is 4.64. The molecule has 4 rings (SSSR count). The van der Waals surface area contributed by atoms with Gasteiger partial charge in [0.15, 0.2) is 4.96 Å². The number of hydrogen-bond acceptors (Lipinski definition) is 6. The zero-order valence-electron chi connectivity index (χ0n) is 13.9. The van der Waals surface area contributed by atoms with Gasteiger partial charge in [-0.05, 0) is 18.2 Å². The molecule has 0 amide bonds. The standard InChI is InChI=1S/C18H16ClN5OS/c19-16-10-15(2-1-13(16)11-20)23-5-3-22(4-6-23)12-14-9-17(25)24-7-8-26-18(24)21-14/h1-2,7-10H,3-6,12H2. The van der Waals surface area contributed by atoms with Crippen LogP contribution in [0.2, 0.25) is 5.02 Å². The van der Waals surface area contributed by atoms with Crippen molar-refractivity contribution in [2.45, 2.75) is 6.54 Å². The maximum atomic E-state index is 12.1. The summed E-state index contributed by atoms with van der Waals surface area (Å²) in [6, 6.07) is 9.25. The van der Waals surface area contributed by atoms with Crippen molar-refractivity contribution >= 4 is 33.6 Å². The van der Waals surface area contributed by atoms with Crippen LogP contribution in [0, 0.1) is 11.3 Å². The molecule has 8 heteroatoms. The molecule has 3 heterocycles. The molecular weight excluding hydrogens is 370 g/mol. The number of benzene rings is 1. The van der Waals surface area contributed by atoms with E-state index in [1.807, 2.05) is 17.5 Å². The zero-order valence-corrected chi connectivity index (χ0v) is 15.5. The lowest BCUT2D eigenvalue weighted by Gasteiger charge is -2.36. The molecule has 0 atom stereocenters. The second kappa shape index (κ2) is 7.08. The molecule has 0 radical (unpaired) electrons. The summed E-state index contributed by atoms with van der Waals surface area (Å²) in [7, 11) is 0. The lowest BCUT2D eigenvalue weighted by atomic mass is 10.2. The first-order valence-corrected chi connectivity index (χ1v) is 9.52. The highest BCUT2D eigenvalue weighted by atomic mass is 35.5. The Morgan fingerprint density at radius 2 is 2.04 bits per heavy atom. The second-order valence-electron chi connectivity index (χ2n) is 6.18. The summed E-state index contributed by atoms with van der Waals surface area (Å²) < 4.78 is 1.57. The monoisotopic (exact) mass is 385 g/mol. The van der Waals surface area contributed by atoms with E-state index in [1.165, 1.54) is 11.3 Å². The third-order valence-electron chi connectivity index (χ3n) is 4.55. The summed E-state index contributed by atoms with van der Waals surface area (Å²) in [4.78, 5) is 22.0. The maximum absolute atomic E-state index is 12.1. The summed E-state index contributed by atoms with van der Waals surface area (Å²) >= 11 is 7.61. The Labute approximate surface area is 159 Å². The minimum absolute atomic E-state index is 0.0305. The third-order valence-corrected chi connectivity index (χ3v) is 5.62. The van der Waals surface area contributed by atoms with Gasteiger partial charge < -0.3 is 4.90 Å². The molecule has 0 N–H and O–H groups in total. The van der Waals surface area contributed by atoms with Gasteiger partial charge in [-0.25, -0.2) is 4.98 Å². The first kappa shape index (κ1) is 17.0. The fourth-order valence-electron chi connectivity index (χ4n) is 3.15. The average Bonchev–Trinajstić information content (AvgIpc) is 3.11. The first-order valence-electron chi connectivity index (χ1n) is 8.27. The van der Waals surface area contributed by atoms with Crippen molar-refractivity contribution < 1.29 is 0 Å². The number of aromatic nitrogens is 2. The van der Waals surface area contributed by atoms with Crippen molar-refractivity contribution in [1.29, 1.82) is 5.26 Å². The van der Waals surface area contributed by atoms with Gasteiger partial charge in [-0.2, -0.15) is 5.26 Å². The largest absolute Gasteiger partial charge is 0.369 e. The molecule has 3 aromatic rings. The normalized spacial score (nSPS) is 15.3. The molecule has 0 unspecified atom stereocenters. The first-order chi connectivity index (χ1) is 12.6. The van der Waals surface area contributed by atoms with E-state index in [1.54, 1.807) is 22.7 Å². The Bertz CT molecular complexity index is 1050. The smallest absolute Gasteiger partial charge is 0.258 e. The summed E-state index contributed by atoms with van der Waals surface area (Å²) in [5, 5.41) is 11.3. The predicted molar refractivity (Wildman–Crippen MR) is 103 cm³/mol. The maximum Gasteiger partial charge on any atom is 0.258 e. The molecule has 1 saturated heterocycles. The van der Waals surface area contributed by atoms with E-state index in [9.17, 15) is 4.79 Å². The Hall–Kier alpha value is -2.40. The van der Waals surface area contributed by atoms with Crippen molar-refractivity contribution in [2.24, 2.45) is 0 Å². The van der Waals surface area contributed by atoms with Crippen LogP contribution in [0.4, 0.5) is 5.69 Å². The third kappa shape index (κ3) is 3.31. The van der Waals surface area contributed by atoms with Crippen LogP contribution in [0.15, 0.2) is 40.6 Å². The second-order valence-corrected chi connectivity index (χ2v) is 7.46. The SMILES string of the molecule is N#Cc1ccc(N2CCN(Cc3cc(=O)n4ccsc4n3)CC2)cc1Cl. The van der Waals surface area contributed by atoms with Gasteiger partial charge in [0.05, 0.1) is 16.3 Å². The van der Waals surface area contributed by atoms with Gasteiger partial charge in [0, 0.05) is 56.1 Å². The quantitative estimate of drug-likeness (QED) is 0.693. The average molecular weight is 386 g/mol. The van der Waals surface area contributed by atoms with E-state index >= 15 is 0 Å². The van der Waals surface area contributed by atoms with E-state index in [4.69, 9.17) is 16.9 Å². The number of rotatable bonds is 3. The number of fused-ring (bicyclic) bond motifs is 1. The van der Waals surface area contributed by atoms with Crippen molar-refractivity contribution in [3.05, 3.63) is 62.5 Å². The highest BCUT2D eigenvalue weighted by Crippen LogP contribution is 2.24. The van der Waals surface area contributed by atoms with Crippen molar-refractivity contribution in [2.75, 3.05) is 31.1 Å². The molecule has 0 bridgehead atoms. The van der Waals surface area contributed by atoms with Gasteiger partial charge in [0.2, 0.25) is 0 Å². The van der Waals surface area contributed by atoms with Gasteiger partial charge in [-0.3, -0.25) is 14.1 Å². The van der Waals surface area contributed by atoms with Crippen molar-refractivity contribution in [1.82, 2.24) is 14.3 Å². The highest BCUT2D eigenvalue weighted by molar-refractivity contribution is 7.15. The van der Waals surface area contributed by atoms with E-state index in [2.05, 4.69) is 20.9 Å². The van der Waals surface area contributed by atoms with Gasteiger partial charge >= 0.3 is 0 Å². The molecule has 0 saturated carbocycles. The highest BCUT2D eigenvalue weighted by Gasteiger charge is 2.19. The molecule has 1 aliphatic heterocycles. The van der Waals surface area contributed by atoms with E-state index in [0.29, 0.717) is 17.1 Å². The summed E-state index contributed by atoms with van der Waals surface area (Å²) in [5.41, 5.74) is 2.31. The molecular formula is C18H16ClN5OS. The number of halogens is 1. The molecule has 132 valence electrons. The van der Waals surface area contributed by atoms with E-state index in [0.717, 1.165) is 42.5 Å². The van der Waals surface area contributed by atoms with Crippen LogP contribution in [-0.4, -0.2) is 40.5 Å². The van der Waals surface area contributed by atoms with Crippen LogP contribution in [0.3, 0.4) is 0 Å². The molecule has 6 nitrogen and oxygen atoms in total. The Morgan fingerprint density at radius 3 is 2.77 bits per heavy atom. The van der Waals surface area contributed by atoms with Crippen molar-refractivity contribution in [3.8, 4) is 6.07 Å². The molecule has 0 aliphatic carbocycles. The lowest BCUT2D eigenvalue weighted by Crippen LogP contribution is -2.46. The summed E-state index contributed by atoms with van der Waals surface area (Å²) in [6.07, 6.45) is 1.75. The number of piperazine rings is 1. The van der Waals surface area contributed by atoms with E-state index in [-0.39, 0.29) is 5.56 Å². The van der Waals surface area contributed by atoms with Crippen LogP contribution < -0.4 is 10.5 Å². The summed E-state index contributed by atoms with van der Waals surface area (Å²) in [5.74, 6) is 0. The van der Waals surface area contributed by atoms with Crippen molar-refractivity contribution in [3.63, 3.8) is 0 Å². The molecule has 1 fully saturated rings. The van der Waals surface area contributed by atoms with Gasteiger partial charge in [-0.1, -0.05) is 11.6 Å². The lowest BCUT2D eigenvalue weighted by molar-refractivity contribution is 0.247. The fraction of sp³-hybridized carbons (Fsp3) is 0.278. The predicted octanol–water partition coefficient (Wildman–Crippen LogP) is 2.60. The van der Waals surface area contributed by atoms with Crippen LogP contribution in [0.1, 0.15) is 11.3 Å². The molecule has 1 aliphatic rings. The van der Waals surface area contributed by atoms with Gasteiger partial charge in [-0.15, -0.1) is 11.3 Å². The van der Waals surface area contributed by atoms with Crippen LogP contribution in [-0.2, 0) is 6.54 Å². The molecule has 0 spiro atoms. The number of thiazole rings is 1. The minimum atomic E-state index is -0.0305. The van der Waals surface area contributed by atoms with Gasteiger partial charge in [0.1, 0.15) is 6.07 Å². The van der Waals surface area contributed by atoms with Crippen LogP contribution >= 0.6 is 22.9 Å². The van der Waals surface area contributed by atoms with Crippen LogP contribution in [0.25, 0.3) is 4.96 Å². The van der Waals surface area contributed by atoms with Gasteiger partial charge in [0.25, 0.3) is 5.56 Å². The number of nitrogens with zero attached hydrogens (tertiary/aromatic N) is 5.